The zero-order valence-corrected chi connectivity index (χ0v) is 16.5. The molecule has 1 atom stereocenters. The minimum atomic E-state index is -3.49. The van der Waals surface area contributed by atoms with Crippen LogP contribution in [-0.2, 0) is 10.0 Å². The van der Waals surface area contributed by atoms with Crippen LogP contribution in [0.4, 0.5) is 0 Å². The van der Waals surface area contributed by atoms with Gasteiger partial charge in [-0.3, -0.25) is 4.79 Å². The summed E-state index contributed by atoms with van der Waals surface area (Å²) in [7, 11) is -0.535. The van der Waals surface area contributed by atoms with Gasteiger partial charge in [0.05, 0.1) is 4.90 Å². The summed E-state index contributed by atoms with van der Waals surface area (Å²) in [4.78, 5) is 12.6. The monoisotopic (exact) mass is 374 g/mol. The zero-order chi connectivity index (χ0) is 19.3. The summed E-state index contributed by atoms with van der Waals surface area (Å²) in [6.45, 7) is 4.79. The fourth-order valence-electron chi connectivity index (χ4n) is 2.73. The Morgan fingerprint density at radius 1 is 1.00 bits per heavy atom. The van der Waals surface area contributed by atoms with Gasteiger partial charge >= 0.3 is 0 Å². The lowest BCUT2D eigenvalue weighted by Crippen LogP contribution is -2.30. The quantitative estimate of drug-likeness (QED) is 0.810. The van der Waals surface area contributed by atoms with Gasteiger partial charge in [-0.25, -0.2) is 12.7 Å². The number of hydrogen-bond acceptors (Lipinski definition) is 3. The van der Waals surface area contributed by atoms with E-state index in [1.807, 2.05) is 18.2 Å². The summed E-state index contributed by atoms with van der Waals surface area (Å²) >= 11 is 0. The van der Waals surface area contributed by atoms with Crippen molar-refractivity contribution in [1.82, 2.24) is 9.62 Å². The highest BCUT2D eigenvalue weighted by atomic mass is 32.2. The number of carbonyl (C=O) groups is 1. The fourth-order valence-corrected chi connectivity index (χ4v) is 3.63. The summed E-state index contributed by atoms with van der Waals surface area (Å²) < 4.78 is 25.3. The molecule has 2 rings (SSSR count). The van der Waals surface area contributed by atoms with Crippen molar-refractivity contribution in [3.63, 3.8) is 0 Å². The summed E-state index contributed by atoms with van der Waals surface area (Å²) in [6, 6.07) is 16.1. The van der Waals surface area contributed by atoms with Gasteiger partial charge in [-0.1, -0.05) is 44.2 Å². The highest BCUT2D eigenvalue weighted by molar-refractivity contribution is 7.89. The van der Waals surface area contributed by atoms with E-state index in [4.69, 9.17) is 0 Å². The van der Waals surface area contributed by atoms with Gasteiger partial charge < -0.3 is 5.32 Å². The molecular formula is C20H26N2O3S. The minimum Gasteiger partial charge on any atom is -0.351 e. The number of nitrogens with one attached hydrogen (secondary N) is 1. The number of amides is 1. The number of hydrogen-bond donors (Lipinski definition) is 1. The molecule has 5 nitrogen and oxygen atoms in total. The Kier molecular flexibility index (Phi) is 6.56. The Balaban J connectivity index is 2.08. The van der Waals surface area contributed by atoms with Gasteiger partial charge in [0.1, 0.15) is 0 Å². The van der Waals surface area contributed by atoms with Crippen LogP contribution in [0.25, 0.3) is 0 Å². The van der Waals surface area contributed by atoms with Crippen molar-refractivity contribution in [2.45, 2.75) is 24.7 Å². The third-order valence-electron chi connectivity index (χ3n) is 4.41. The van der Waals surface area contributed by atoms with Gasteiger partial charge in [0.15, 0.2) is 0 Å². The standard InChI is InChI=1S/C20H26N2O3S/c1-15(2)19(16-8-6-5-7-9-16)14-21-20(23)17-10-12-18(13-11-17)26(24,25)22(3)4/h5-13,15,19H,14H2,1-4H3,(H,21,23). The normalized spacial score (nSPS) is 13.0. The van der Waals surface area contributed by atoms with E-state index in [-0.39, 0.29) is 16.7 Å². The number of sulfonamides is 1. The molecule has 0 aliphatic rings. The molecule has 0 aliphatic heterocycles. The van der Waals surface area contributed by atoms with Crippen LogP contribution in [0.15, 0.2) is 59.5 Å². The molecule has 0 fully saturated rings. The van der Waals surface area contributed by atoms with Crippen LogP contribution in [0, 0.1) is 5.92 Å². The van der Waals surface area contributed by atoms with E-state index in [0.717, 1.165) is 4.31 Å². The Labute approximate surface area is 156 Å². The van der Waals surface area contributed by atoms with Gasteiger partial charge in [0, 0.05) is 32.1 Å². The molecule has 0 spiro atoms. The first kappa shape index (κ1) is 20.1. The van der Waals surface area contributed by atoms with Crippen LogP contribution in [0.3, 0.4) is 0 Å². The second kappa shape index (κ2) is 8.47. The molecule has 0 heterocycles. The van der Waals surface area contributed by atoms with Crippen molar-refractivity contribution in [2.24, 2.45) is 5.92 Å². The molecule has 140 valence electrons. The highest BCUT2D eigenvalue weighted by Gasteiger charge is 2.19. The van der Waals surface area contributed by atoms with E-state index in [1.165, 1.54) is 31.8 Å². The first-order chi connectivity index (χ1) is 12.2. The molecule has 0 saturated heterocycles. The van der Waals surface area contributed by atoms with Crippen LogP contribution < -0.4 is 5.32 Å². The maximum atomic E-state index is 12.4. The predicted molar refractivity (Wildman–Crippen MR) is 104 cm³/mol. The lowest BCUT2D eigenvalue weighted by Gasteiger charge is -2.22. The van der Waals surface area contributed by atoms with Crippen molar-refractivity contribution >= 4 is 15.9 Å². The first-order valence-electron chi connectivity index (χ1n) is 8.59. The van der Waals surface area contributed by atoms with E-state index in [9.17, 15) is 13.2 Å². The molecule has 2 aromatic carbocycles. The molecule has 0 aromatic heterocycles. The van der Waals surface area contributed by atoms with Crippen LogP contribution in [0.2, 0.25) is 0 Å². The van der Waals surface area contributed by atoms with Crippen LogP contribution in [-0.4, -0.2) is 39.3 Å². The maximum Gasteiger partial charge on any atom is 0.251 e. The molecule has 1 amide bonds. The predicted octanol–water partition coefficient (Wildman–Crippen LogP) is 3.11. The van der Waals surface area contributed by atoms with Gasteiger partial charge in [-0.2, -0.15) is 0 Å². The van der Waals surface area contributed by atoms with Crippen molar-refractivity contribution < 1.29 is 13.2 Å². The minimum absolute atomic E-state index is 0.170. The third kappa shape index (κ3) is 4.71. The summed E-state index contributed by atoms with van der Waals surface area (Å²) in [5, 5.41) is 2.96. The number of rotatable bonds is 7. The van der Waals surface area contributed by atoms with Crippen molar-refractivity contribution in [1.29, 1.82) is 0 Å². The number of nitrogens with zero attached hydrogens (tertiary/aromatic N) is 1. The zero-order valence-electron chi connectivity index (χ0n) is 15.6. The van der Waals surface area contributed by atoms with E-state index in [2.05, 4.69) is 31.3 Å². The van der Waals surface area contributed by atoms with Crippen LogP contribution >= 0.6 is 0 Å². The van der Waals surface area contributed by atoms with Gasteiger partial charge in [0.2, 0.25) is 10.0 Å². The first-order valence-corrected chi connectivity index (χ1v) is 10.0. The molecule has 6 heteroatoms. The average Bonchev–Trinajstić information content (AvgIpc) is 2.62. The average molecular weight is 375 g/mol. The van der Waals surface area contributed by atoms with Gasteiger partial charge in [-0.15, -0.1) is 0 Å². The van der Waals surface area contributed by atoms with Gasteiger partial charge in [0.25, 0.3) is 5.91 Å². The maximum absolute atomic E-state index is 12.4. The lowest BCUT2D eigenvalue weighted by molar-refractivity contribution is 0.0949. The van der Waals surface area contributed by atoms with Crippen LogP contribution in [0.5, 0.6) is 0 Å². The van der Waals surface area contributed by atoms with Crippen molar-refractivity contribution in [3.05, 3.63) is 65.7 Å². The smallest absolute Gasteiger partial charge is 0.251 e. The molecular weight excluding hydrogens is 348 g/mol. The molecule has 0 bridgehead atoms. The third-order valence-corrected chi connectivity index (χ3v) is 6.24. The second-order valence-corrected chi connectivity index (χ2v) is 8.93. The molecule has 1 unspecified atom stereocenters. The number of carbonyl (C=O) groups excluding carboxylic acids is 1. The van der Waals surface area contributed by atoms with E-state index < -0.39 is 10.0 Å². The van der Waals surface area contributed by atoms with E-state index in [0.29, 0.717) is 18.0 Å². The molecule has 26 heavy (non-hydrogen) atoms. The fraction of sp³-hybridized carbons (Fsp3) is 0.350. The van der Waals surface area contributed by atoms with E-state index in [1.54, 1.807) is 12.1 Å². The van der Waals surface area contributed by atoms with E-state index >= 15 is 0 Å². The molecule has 0 aliphatic carbocycles. The van der Waals surface area contributed by atoms with Crippen LogP contribution in [0.1, 0.15) is 35.7 Å². The van der Waals surface area contributed by atoms with Crippen molar-refractivity contribution in [3.8, 4) is 0 Å². The largest absolute Gasteiger partial charge is 0.351 e. The Bertz CT molecular complexity index is 829. The summed E-state index contributed by atoms with van der Waals surface area (Å²) in [5.74, 6) is 0.388. The SMILES string of the molecule is CC(C)C(CNC(=O)c1ccc(S(=O)(=O)N(C)C)cc1)c1ccccc1. The second-order valence-electron chi connectivity index (χ2n) is 6.78. The highest BCUT2D eigenvalue weighted by Crippen LogP contribution is 2.23. The number of benzene rings is 2. The van der Waals surface area contributed by atoms with Gasteiger partial charge in [-0.05, 0) is 35.7 Å². The summed E-state index contributed by atoms with van der Waals surface area (Å²) in [5.41, 5.74) is 1.63. The molecule has 2 aromatic rings. The Morgan fingerprint density at radius 3 is 2.08 bits per heavy atom. The molecule has 0 saturated carbocycles. The molecule has 0 radical (unpaired) electrons. The Morgan fingerprint density at radius 2 is 1.58 bits per heavy atom. The molecule has 1 N–H and O–H groups in total. The summed E-state index contributed by atoms with van der Waals surface area (Å²) in [6.07, 6.45) is 0. The lowest BCUT2D eigenvalue weighted by atomic mass is 9.88. The van der Waals surface area contributed by atoms with Crippen molar-refractivity contribution in [2.75, 3.05) is 20.6 Å². The Hall–Kier alpha value is -2.18. The topological polar surface area (TPSA) is 66.5 Å².